The predicted octanol–water partition coefficient (Wildman–Crippen LogP) is 3.06. The summed E-state index contributed by atoms with van der Waals surface area (Å²) in [5, 5.41) is 3.37. The van der Waals surface area contributed by atoms with Crippen LogP contribution in [-0.2, 0) is 9.53 Å². The first-order valence-electron chi connectivity index (χ1n) is 8.27. The van der Waals surface area contributed by atoms with E-state index in [9.17, 15) is 4.79 Å². The van der Waals surface area contributed by atoms with Crippen molar-refractivity contribution in [1.29, 1.82) is 0 Å². The van der Waals surface area contributed by atoms with Gasteiger partial charge in [-0.15, -0.1) is 0 Å². The summed E-state index contributed by atoms with van der Waals surface area (Å²) < 4.78 is 5.01. The fraction of sp³-hybridized carbons (Fsp3) is 0.941. The monoisotopic (exact) mass is 300 g/mol. The predicted molar refractivity (Wildman–Crippen MR) is 89.5 cm³/mol. The van der Waals surface area contributed by atoms with Gasteiger partial charge in [-0.3, -0.25) is 9.69 Å². The Bertz CT molecular complexity index is 305. The van der Waals surface area contributed by atoms with Gasteiger partial charge in [0.05, 0.1) is 7.11 Å². The second kappa shape index (κ2) is 9.42. The zero-order valence-electron chi connectivity index (χ0n) is 15.3. The van der Waals surface area contributed by atoms with Gasteiger partial charge in [0.2, 0.25) is 0 Å². The van der Waals surface area contributed by atoms with Crippen LogP contribution in [0.1, 0.15) is 61.3 Å². The summed E-state index contributed by atoms with van der Waals surface area (Å²) in [6, 6.07) is 0.788. The van der Waals surface area contributed by atoms with Crippen LogP contribution in [0.4, 0.5) is 0 Å². The average molecular weight is 300 g/mol. The fourth-order valence-electron chi connectivity index (χ4n) is 2.88. The Hall–Kier alpha value is -0.610. The van der Waals surface area contributed by atoms with Crippen molar-refractivity contribution in [2.75, 3.05) is 20.2 Å². The van der Waals surface area contributed by atoms with Crippen LogP contribution >= 0.6 is 0 Å². The lowest BCUT2D eigenvalue weighted by Crippen LogP contribution is -2.55. The molecule has 0 saturated carbocycles. The van der Waals surface area contributed by atoms with E-state index < -0.39 is 5.54 Å². The Morgan fingerprint density at radius 2 is 1.81 bits per heavy atom. The Kier molecular flexibility index (Phi) is 9.14. The van der Waals surface area contributed by atoms with Crippen LogP contribution in [0.25, 0.3) is 0 Å². The highest BCUT2D eigenvalue weighted by molar-refractivity contribution is 5.80. The van der Waals surface area contributed by atoms with Gasteiger partial charge in [0, 0.05) is 18.6 Å². The maximum atomic E-state index is 12.2. The third-order valence-electron chi connectivity index (χ3n) is 3.91. The van der Waals surface area contributed by atoms with Crippen molar-refractivity contribution in [3.05, 3.63) is 0 Å². The second-order valence-corrected chi connectivity index (χ2v) is 6.99. The van der Waals surface area contributed by atoms with Gasteiger partial charge in [-0.1, -0.05) is 20.8 Å². The fourth-order valence-corrected chi connectivity index (χ4v) is 2.88. The molecule has 4 nitrogen and oxygen atoms in total. The van der Waals surface area contributed by atoms with Crippen LogP contribution in [0.15, 0.2) is 0 Å². The van der Waals surface area contributed by atoms with Crippen LogP contribution < -0.4 is 5.32 Å². The minimum Gasteiger partial charge on any atom is -0.468 e. The summed E-state index contributed by atoms with van der Waals surface area (Å²) in [4.78, 5) is 14.7. The van der Waals surface area contributed by atoms with Gasteiger partial charge < -0.3 is 10.1 Å². The molecule has 0 aromatic heterocycles. The number of rotatable bonds is 10. The van der Waals surface area contributed by atoms with Crippen LogP contribution in [-0.4, -0.2) is 48.7 Å². The molecule has 0 aliphatic heterocycles. The molecular formula is C17H36N2O2. The number of esters is 1. The Morgan fingerprint density at radius 3 is 2.19 bits per heavy atom. The van der Waals surface area contributed by atoms with Crippen molar-refractivity contribution >= 4 is 5.97 Å². The van der Waals surface area contributed by atoms with E-state index in [1.807, 2.05) is 6.92 Å². The molecule has 2 atom stereocenters. The van der Waals surface area contributed by atoms with E-state index in [0.717, 1.165) is 25.9 Å². The largest absolute Gasteiger partial charge is 0.468 e. The number of hydrogen-bond donors (Lipinski definition) is 1. The van der Waals surface area contributed by atoms with Crippen molar-refractivity contribution in [3.63, 3.8) is 0 Å². The molecule has 0 aliphatic rings. The number of carbonyl (C=O) groups is 1. The highest BCUT2D eigenvalue weighted by atomic mass is 16.5. The van der Waals surface area contributed by atoms with Crippen molar-refractivity contribution < 1.29 is 9.53 Å². The SMILES string of the molecule is CCCNC(C)(CC(C)N(CC(C)C)C(C)C)C(=O)OC. The zero-order chi connectivity index (χ0) is 16.6. The quantitative estimate of drug-likeness (QED) is 0.630. The molecule has 4 heteroatoms. The van der Waals surface area contributed by atoms with Gasteiger partial charge in [0.1, 0.15) is 5.54 Å². The molecule has 2 unspecified atom stereocenters. The molecule has 21 heavy (non-hydrogen) atoms. The lowest BCUT2D eigenvalue weighted by Gasteiger charge is -2.39. The molecule has 0 aromatic carbocycles. The molecule has 0 bridgehead atoms. The molecule has 0 heterocycles. The van der Waals surface area contributed by atoms with Crippen LogP contribution in [0.5, 0.6) is 0 Å². The summed E-state index contributed by atoms with van der Waals surface area (Å²) >= 11 is 0. The van der Waals surface area contributed by atoms with Crippen LogP contribution in [0.2, 0.25) is 0 Å². The van der Waals surface area contributed by atoms with Crippen molar-refractivity contribution in [2.45, 2.75) is 78.9 Å². The van der Waals surface area contributed by atoms with E-state index in [0.29, 0.717) is 18.0 Å². The molecule has 0 fully saturated rings. The minimum atomic E-state index is -0.617. The lowest BCUT2D eigenvalue weighted by molar-refractivity contribution is -0.149. The van der Waals surface area contributed by atoms with E-state index in [4.69, 9.17) is 4.74 Å². The first kappa shape index (κ1) is 20.4. The molecular weight excluding hydrogens is 264 g/mol. The summed E-state index contributed by atoms with van der Waals surface area (Å²) in [5.74, 6) is 0.443. The highest BCUT2D eigenvalue weighted by Crippen LogP contribution is 2.21. The third kappa shape index (κ3) is 6.79. The first-order valence-corrected chi connectivity index (χ1v) is 8.27. The number of hydrogen-bond acceptors (Lipinski definition) is 4. The normalized spacial score (nSPS) is 16.3. The summed E-state index contributed by atoms with van der Waals surface area (Å²) in [7, 11) is 1.47. The third-order valence-corrected chi connectivity index (χ3v) is 3.91. The Morgan fingerprint density at radius 1 is 1.24 bits per heavy atom. The molecule has 0 radical (unpaired) electrons. The molecule has 0 saturated heterocycles. The van der Waals surface area contributed by atoms with Gasteiger partial charge in [-0.05, 0) is 53.0 Å². The summed E-state index contributed by atoms with van der Waals surface area (Å²) in [6.45, 7) is 17.0. The maximum absolute atomic E-state index is 12.2. The molecule has 0 aromatic rings. The van der Waals surface area contributed by atoms with Gasteiger partial charge >= 0.3 is 5.97 Å². The standard InChI is InChI=1S/C17H36N2O2/c1-9-10-18-17(7,16(20)21-8)11-15(6)19(14(4)5)12-13(2)3/h13-15,18H,9-12H2,1-8H3. The zero-order valence-corrected chi connectivity index (χ0v) is 15.3. The molecule has 0 amide bonds. The molecule has 126 valence electrons. The van der Waals surface area contributed by atoms with E-state index in [1.54, 1.807) is 0 Å². The van der Waals surface area contributed by atoms with E-state index >= 15 is 0 Å². The first-order chi connectivity index (χ1) is 9.67. The minimum absolute atomic E-state index is 0.170. The van der Waals surface area contributed by atoms with Crippen molar-refractivity contribution in [1.82, 2.24) is 10.2 Å². The Balaban J connectivity index is 4.99. The lowest BCUT2D eigenvalue weighted by atomic mass is 9.91. The molecule has 0 aliphatic carbocycles. The number of carbonyl (C=O) groups excluding carboxylic acids is 1. The van der Waals surface area contributed by atoms with Crippen molar-refractivity contribution in [2.24, 2.45) is 5.92 Å². The number of nitrogens with zero attached hydrogens (tertiary/aromatic N) is 1. The van der Waals surface area contributed by atoms with E-state index in [2.05, 4.69) is 51.8 Å². The van der Waals surface area contributed by atoms with Crippen LogP contribution in [0, 0.1) is 5.92 Å². The van der Waals surface area contributed by atoms with Gasteiger partial charge in [-0.2, -0.15) is 0 Å². The van der Waals surface area contributed by atoms with E-state index in [1.165, 1.54) is 7.11 Å². The smallest absolute Gasteiger partial charge is 0.325 e. The average Bonchev–Trinajstić information content (AvgIpc) is 2.40. The number of nitrogens with one attached hydrogen (secondary N) is 1. The Labute approximate surface area is 131 Å². The van der Waals surface area contributed by atoms with Gasteiger partial charge in [-0.25, -0.2) is 0 Å². The number of methoxy groups -OCH3 is 1. The van der Waals surface area contributed by atoms with Gasteiger partial charge in [0.25, 0.3) is 0 Å². The summed E-state index contributed by atoms with van der Waals surface area (Å²) in [5.41, 5.74) is -0.617. The molecule has 0 rings (SSSR count). The van der Waals surface area contributed by atoms with E-state index in [-0.39, 0.29) is 5.97 Å². The number of ether oxygens (including phenoxy) is 1. The summed E-state index contributed by atoms with van der Waals surface area (Å²) in [6.07, 6.45) is 1.76. The van der Waals surface area contributed by atoms with Crippen molar-refractivity contribution in [3.8, 4) is 0 Å². The highest BCUT2D eigenvalue weighted by Gasteiger charge is 2.37. The maximum Gasteiger partial charge on any atom is 0.325 e. The van der Waals surface area contributed by atoms with Crippen LogP contribution in [0.3, 0.4) is 0 Å². The molecule has 1 N–H and O–H groups in total. The topological polar surface area (TPSA) is 41.6 Å². The second-order valence-electron chi connectivity index (χ2n) is 6.99. The molecule has 0 spiro atoms. The van der Waals surface area contributed by atoms with Gasteiger partial charge in [0.15, 0.2) is 0 Å².